The maximum absolute atomic E-state index is 9.17. The summed E-state index contributed by atoms with van der Waals surface area (Å²) in [5.74, 6) is 1.09. The molecule has 3 heteroatoms. The van der Waals surface area contributed by atoms with Crippen LogP contribution in [-0.2, 0) is 0 Å². The number of benzene rings is 1. The van der Waals surface area contributed by atoms with Crippen LogP contribution in [0.2, 0.25) is 0 Å². The van der Waals surface area contributed by atoms with Crippen molar-refractivity contribution in [2.24, 2.45) is 5.73 Å². The quantitative estimate of drug-likeness (QED) is 0.747. The molecular weight excluding hydrogens is 226 g/mol. The Morgan fingerprint density at radius 3 is 2.72 bits per heavy atom. The largest absolute Gasteiger partial charge is 0.494 e. The van der Waals surface area contributed by atoms with Crippen molar-refractivity contribution >= 4 is 0 Å². The van der Waals surface area contributed by atoms with E-state index in [9.17, 15) is 0 Å². The summed E-state index contributed by atoms with van der Waals surface area (Å²) in [5.41, 5.74) is 7.29. The van der Waals surface area contributed by atoms with Crippen molar-refractivity contribution < 1.29 is 9.84 Å². The summed E-state index contributed by atoms with van der Waals surface area (Å²) >= 11 is 0. The van der Waals surface area contributed by atoms with Gasteiger partial charge in [0.25, 0.3) is 0 Å². The summed E-state index contributed by atoms with van der Waals surface area (Å²) in [5, 5.41) is 9.17. The van der Waals surface area contributed by atoms with E-state index in [1.807, 2.05) is 18.2 Å². The van der Waals surface area contributed by atoms with Gasteiger partial charge in [-0.3, -0.25) is 0 Å². The van der Waals surface area contributed by atoms with Gasteiger partial charge in [0.15, 0.2) is 0 Å². The van der Waals surface area contributed by atoms with Gasteiger partial charge in [0, 0.05) is 18.6 Å². The third-order valence-corrected chi connectivity index (χ3v) is 3.19. The van der Waals surface area contributed by atoms with E-state index in [-0.39, 0.29) is 18.6 Å². The van der Waals surface area contributed by atoms with Gasteiger partial charge in [-0.15, -0.1) is 0 Å². The maximum Gasteiger partial charge on any atom is 0.119 e. The highest BCUT2D eigenvalue weighted by Gasteiger charge is 2.18. The van der Waals surface area contributed by atoms with Crippen molar-refractivity contribution in [2.75, 3.05) is 13.2 Å². The molecular formula is C15H25NO2. The van der Waals surface area contributed by atoms with Crippen LogP contribution in [0.3, 0.4) is 0 Å². The van der Waals surface area contributed by atoms with E-state index in [1.54, 1.807) is 0 Å². The van der Waals surface area contributed by atoms with E-state index in [4.69, 9.17) is 15.6 Å². The minimum Gasteiger partial charge on any atom is -0.494 e. The first-order valence-corrected chi connectivity index (χ1v) is 6.82. The average Bonchev–Trinajstić information content (AvgIpc) is 2.42. The molecule has 3 N–H and O–H groups in total. The van der Waals surface area contributed by atoms with Crippen molar-refractivity contribution in [1.29, 1.82) is 0 Å². The van der Waals surface area contributed by atoms with E-state index >= 15 is 0 Å². The minimum absolute atomic E-state index is 0.0820. The SMILES string of the molecule is CCCOc1cccc(C(CCO)C(N)CC)c1. The first-order chi connectivity index (χ1) is 8.72. The zero-order chi connectivity index (χ0) is 13.4. The van der Waals surface area contributed by atoms with Gasteiger partial charge in [0.2, 0.25) is 0 Å². The van der Waals surface area contributed by atoms with Gasteiger partial charge in [-0.25, -0.2) is 0 Å². The Kier molecular flexibility index (Phi) is 6.76. The molecule has 0 spiro atoms. The van der Waals surface area contributed by atoms with Gasteiger partial charge in [-0.2, -0.15) is 0 Å². The average molecular weight is 251 g/mol. The molecule has 0 radical (unpaired) electrons. The van der Waals surface area contributed by atoms with E-state index in [0.29, 0.717) is 6.42 Å². The molecule has 0 amide bonds. The highest BCUT2D eigenvalue weighted by Crippen LogP contribution is 2.27. The van der Waals surface area contributed by atoms with Gasteiger partial charge in [-0.05, 0) is 37.0 Å². The first-order valence-electron chi connectivity index (χ1n) is 6.82. The van der Waals surface area contributed by atoms with Crippen LogP contribution in [0.1, 0.15) is 44.6 Å². The van der Waals surface area contributed by atoms with Crippen molar-refractivity contribution in [3.05, 3.63) is 29.8 Å². The van der Waals surface area contributed by atoms with E-state index in [1.165, 1.54) is 0 Å². The van der Waals surface area contributed by atoms with Gasteiger partial charge in [0.1, 0.15) is 5.75 Å². The molecule has 0 heterocycles. The summed E-state index contributed by atoms with van der Waals surface area (Å²) in [7, 11) is 0. The van der Waals surface area contributed by atoms with Crippen LogP contribution in [0, 0.1) is 0 Å². The molecule has 18 heavy (non-hydrogen) atoms. The number of ether oxygens (including phenoxy) is 1. The molecule has 0 saturated carbocycles. The fourth-order valence-corrected chi connectivity index (χ4v) is 2.11. The zero-order valence-corrected chi connectivity index (χ0v) is 11.4. The second-order valence-corrected chi connectivity index (χ2v) is 4.61. The number of nitrogens with two attached hydrogens (primary N) is 1. The van der Waals surface area contributed by atoms with E-state index in [2.05, 4.69) is 19.9 Å². The lowest BCUT2D eigenvalue weighted by Crippen LogP contribution is -2.28. The molecule has 0 aliphatic heterocycles. The van der Waals surface area contributed by atoms with Gasteiger partial charge < -0.3 is 15.6 Å². The Labute approximate surface area is 110 Å². The Balaban J connectivity index is 2.83. The van der Waals surface area contributed by atoms with Crippen LogP contribution in [0.15, 0.2) is 24.3 Å². The maximum atomic E-state index is 9.17. The molecule has 0 bridgehead atoms. The van der Waals surface area contributed by atoms with Crippen molar-refractivity contribution in [2.45, 2.75) is 45.1 Å². The predicted molar refractivity (Wildman–Crippen MR) is 74.9 cm³/mol. The van der Waals surface area contributed by atoms with E-state index < -0.39 is 0 Å². The van der Waals surface area contributed by atoms with Crippen molar-refractivity contribution in [3.63, 3.8) is 0 Å². The standard InChI is InChI=1S/C15H25NO2/c1-3-10-18-13-7-5-6-12(11-13)14(8-9-17)15(16)4-2/h5-7,11,14-15,17H,3-4,8-10,16H2,1-2H3. The van der Waals surface area contributed by atoms with E-state index in [0.717, 1.165) is 30.8 Å². The Morgan fingerprint density at radius 2 is 2.11 bits per heavy atom. The summed E-state index contributed by atoms with van der Waals surface area (Å²) in [6.07, 6.45) is 2.61. The van der Waals surface area contributed by atoms with Crippen LogP contribution in [0.4, 0.5) is 0 Å². The van der Waals surface area contributed by atoms with Crippen LogP contribution < -0.4 is 10.5 Å². The Bertz CT molecular complexity index is 341. The lowest BCUT2D eigenvalue weighted by atomic mass is 9.88. The molecule has 0 fully saturated rings. The second kappa shape index (κ2) is 8.11. The number of hydrogen-bond donors (Lipinski definition) is 2. The second-order valence-electron chi connectivity index (χ2n) is 4.61. The monoisotopic (exact) mass is 251 g/mol. The summed E-state index contributed by atoms with van der Waals surface area (Å²) < 4.78 is 5.63. The predicted octanol–water partition coefficient (Wildman–Crippen LogP) is 2.68. The lowest BCUT2D eigenvalue weighted by Gasteiger charge is -2.23. The van der Waals surface area contributed by atoms with Gasteiger partial charge >= 0.3 is 0 Å². The van der Waals surface area contributed by atoms with Gasteiger partial charge in [0.05, 0.1) is 6.61 Å². The van der Waals surface area contributed by atoms with Crippen LogP contribution in [-0.4, -0.2) is 24.4 Å². The Morgan fingerprint density at radius 1 is 1.33 bits per heavy atom. The molecule has 2 unspecified atom stereocenters. The molecule has 1 aromatic carbocycles. The molecule has 0 aliphatic rings. The molecule has 0 aliphatic carbocycles. The Hall–Kier alpha value is -1.06. The smallest absolute Gasteiger partial charge is 0.119 e. The molecule has 1 rings (SSSR count). The number of aliphatic hydroxyl groups is 1. The topological polar surface area (TPSA) is 55.5 Å². The number of hydrogen-bond acceptors (Lipinski definition) is 3. The lowest BCUT2D eigenvalue weighted by molar-refractivity contribution is 0.265. The number of aliphatic hydroxyl groups excluding tert-OH is 1. The summed E-state index contributed by atoms with van der Waals surface area (Å²) in [6.45, 7) is 5.06. The van der Waals surface area contributed by atoms with Crippen LogP contribution >= 0.6 is 0 Å². The van der Waals surface area contributed by atoms with Crippen LogP contribution in [0.25, 0.3) is 0 Å². The summed E-state index contributed by atoms with van der Waals surface area (Å²) in [4.78, 5) is 0. The first kappa shape index (κ1) is 15.0. The molecule has 1 aromatic rings. The fourth-order valence-electron chi connectivity index (χ4n) is 2.11. The van der Waals surface area contributed by atoms with Crippen molar-refractivity contribution in [1.82, 2.24) is 0 Å². The molecule has 3 nitrogen and oxygen atoms in total. The fraction of sp³-hybridized carbons (Fsp3) is 0.600. The highest BCUT2D eigenvalue weighted by atomic mass is 16.5. The summed E-state index contributed by atoms with van der Waals surface area (Å²) in [6, 6.07) is 8.15. The third kappa shape index (κ3) is 4.31. The molecule has 0 aromatic heterocycles. The van der Waals surface area contributed by atoms with Crippen LogP contribution in [0.5, 0.6) is 5.75 Å². The third-order valence-electron chi connectivity index (χ3n) is 3.19. The van der Waals surface area contributed by atoms with Crippen molar-refractivity contribution in [3.8, 4) is 5.75 Å². The minimum atomic E-state index is 0.0820. The highest BCUT2D eigenvalue weighted by molar-refractivity contribution is 5.31. The molecule has 2 atom stereocenters. The molecule has 102 valence electrons. The molecule has 0 saturated heterocycles. The zero-order valence-electron chi connectivity index (χ0n) is 11.4. The number of rotatable bonds is 8. The normalized spacial score (nSPS) is 14.2. The van der Waals surface area contributed by atoms with Gasteiger partial charge in [-0.1, -0.05) is 26.0 Å².